The number of halogens is 1. The smallest absolute Gasteiger partial charge is 0.229 e. The molecule has 1 rings (SSSR count). The molecule has 0 unspecified atom stereocenters. The normalized spacial score (nSPS) is 10.6. The van der Waals surface area contributed by atoms with Gasteiger partial charge < -0.3 is 10.0 Å². The van der Waals surface area contributed by atoms with Crippen LogP contribution in [0.2, 0.25) is 0 Å². The maximum absolute atomic E-state index is 12.1. The van der Waals surface area contributed by atoms with Gasteiger partial charge in [0.15, 0.2) is 0 Å². The molecule has 0 saturated carbocycles. The van der Waals surface area contributed by atoms with Crippen LogP contribution in [0.3, 0.4) is 0 Å². The molecule has 0 aromatic carbocycles. The maximum atomic E-state index is 12.1. The number of hydrogen-bond acceptors (Lipinski definition) is 4. The molecule has 4 nitrogen and oxygen atoms in total. The van der Waals surface area contributed by atoms with Crippen molar-refractivity contribution in [2.75, 3.05) is 19.7 Å². The summed E-state index contributed by atoms with van der Waals surface area (Å²) in [5.74, 6) is 0.397. The van der Waals surface area contributed by atoms with Crippen LogP contribution >= 0.6 is 22.9 Å². The van der Waals surface area contributed by atoms with E-state index in [4.69, 9.17) is 16.7 Å². The van der Waals surface area contributed by atoms with Gasteiger partial charge in [-0.25, -0.2) is 4.98 Å². The summed E-state index contributed by atoms with van der Waals surface area (Å²) >= 11 is 7.13. The van der Waals surface area contributed by atoms with Gasteiger partial charge in [-0.1, -0.05) is 13.3 Å². The van der Waals surface area contributed by atoms with Gasteiger partial charge >= 0.3 is 0 Å². The minimum Gasteiger partial charge on any atom is -0.395 e. The van der Waals surface area contributed by atoms with Crippen molar-refractivity contribution in [2.45, 2.75) is 32.1 Å². The van der Waals surface area contributed by atoms with Gasteiger partial charge in [0.25, 0.3) is 0 Å². The van der Waals surface area contributed by atoms with E-state index in [9.17, 15) is 4.79 Å². The Morgan fingerprint density at radius 3 is 2.89 bits per heavy atom. The molecule has 1 amide bonds. The average Bonchev–Trinajstić information content (AvgIpc) is 2.82. The molecule has 1 N–H and O–H groups in total. The van der Waals surface area contributed by atoms with Crippen molar-refractivity contribution in [1.29, 1.82) is 0 Å². The minimum atomic E-state index is 0.000251. The Morgan fingerprint density at radius 1 is 1.56 bits per heavy atom. The van der Waals surface area contributed by atoms with E-state index >= 15 is 0 Å². The third-order valence-electron chi connectivity index (χ3n) is 2.54. The number of amides is 1. The molecular formula is C12H19ClN2O2S. The first-order chi connectivity index (χ1) is 8.71. The minimum absolute atomic E-state index is 0.000251. The maximum Gasteiger partial charge on any atom is 0.229 e. The topological polar surface area (TPSA) is 53.4 Å². The van der Waals surface area contributed by atoms with E-state index < -0.39 is 0 Å². The molecule has 0 spiro atoms. The number of thiazole rings is 1. The van der Waals surface area contributed by atoms with Crippen molar-refractivity contribution in [1.82, 2.24) is 9.88 Å². The van der Waals surface area contributed by atoms with Crippen LogP contribution in [-0.2, 0) is 17.1 Å². The van der Waals surface area contributed by atoms with Crippen molar-refractivity contribution in [3.05, 3.63) is 16.1 Å². The lowest BCUT2D eigenvalue weighted by atomic mass is 10.3. The molecule has 0 bridgehead atoms. The van der Waals surface area contributed by atoms with E-state index in [1.165, 1.54) is 11.3 Å². The zero-order valence-corrected chi connectivity index (χ0v) is 12.1. The summed E-state index contributed by atoms with van der Waals surface area (Å²) in [6.07, 6.45) is 2.28. The highest BCUT2D eigenvalue weighted by Crippen LogP contribution is 2.13. The summed E-state index contributed by atoms with van der Waals surface area (Å²) in [6.45, 7) is 3.17. The molecule has 1 aromatic rings. The largest absolute Gasteiger partial charge is 0.395 e. The van der Waals surface area contributed by atoms with Crippen LogP contribution < -0.4 is 0 Å². The zero-order valence-electron chi connectivity index (χ0n) is 10.6. The van der Waals surface area contributed by atoms with E-state index in [0.717, 1.165) is 23.5 Å². The first kappa shape index (κ1) is 15.4. The highest BCUT2D eigenvalue weighted by molar-refractivity contribution is 7.09. The van der Waals surface area contributed by atoms with Crippen LogP contribution in [0.15, 0.2) is 5.38 Å². The summed E-state index contributed by atoms with van der Waals surface area (Å²) in [5.41, 5.74) is 0.812. The van der Waals surface area contributed by atoms with Crippen LogP contribution in [0.1, 0.15) is 30.5 Å². The van der Waals surface area contributed by atoms with Crippen molar-refractivity contribution >= 4 is 28.8 Å². The van der Waals surface area contributed by atoms with E-state index in [0.29, 0.717) is 25.4 Å². The fourth-order valence-electron chi connectivity index (χ4n) is 1.56. The molecule has 0 atom stereocenters. The summed E-state index contributed by atoms with van der Waals surface area (Å²) in [7, 11) is 0. The van der Waals surface area contributed by atoms with Crippen LogP contribution in [0.25, 0.3) is 0 Å². The van der Waals surface area contributed by atoms with Crippen LogP contribution in [0.4, 0.5) is 0 Å². The van der Waals surface area contributed by atoms with Gasteiger partial charge in [0, 0.05) is 18.5 Å². The Kier molecular flexibility index (Phi) is 7.23. The van der Waals surface area contributed by atoms with Gasteiger partial charge in [-0.2, -0.15) is 0 Å². The third kappa shape index (κ3) is 4.92. The molecule has 1 heterocycles. The number of aliphatic hydroxyl groups is 1. The summed E-state index contributed by atoms with van der Waals surface area (Å²) in [4.78, 5) is 18.0. The highest BCUT2D eigenvalue weighted by Gasteiger charge is 2.15. The van der Waals surface area contributed by atoms with E-state index in [2.05, 4.69) is 11.9 Å². The first-order valence-electron chi connectivity index (χ1n) is 6.09. The molecule has 0 fully saturated rings. The number of carbonyl (C=O) groups is 1. The number of nitrogens with zero attached hydrogens (tertiary/aromatic N) is 2. The molecule has 1 aromatic heterocycles. The van der Waals surface area contributed by atoms with Crippen LogP contribution in [0.5, 0.6) is 0 Å². The number of aliphatic hydroxyl groups excluding tert-OH is 1. The quantitative estimate of drug-likeness (QED) is 0.746. The Bertz CT molecular complexity index is 371. The van der Waals surface area contributed by atoms with Gasteiger partial charge in [-0.3, -0.25) is 4.79 Å². The molecule has 0 radical (unpaired) electrons. The Balaban J connectivity index is 2.54. The number of carbonyl (C=O) groups excluding carboxylic acids is 1. The first-order valence-corrected chi connectivity index (χ1v) is 7.50. The fourth-order valence-corrected chi connectivity index (χ4v) is 2.58. The van der Waals surface area contributed by atoms with Gasteiger partial charge in [0.1, 0.15) is 5.01 Å². The number of unbranched alkanes of at least 4 members (excludes halogenated alkanes) is 1. The second kappa shape index (κ2) is 8.45. The van der Waals surface area contributed by atoms with E-state index in [-0.39, 0.29) is 12.5 Å². The lowest BCUT2D eigenvalue weighted by Crippen LogP contribution is -2.35. The molecule has 0 aliphatic rings. The van der Waals surface area contributed by atoms with Gasteiger partial charge in [-0.05, 0) is 6.42 Å². The molecular weight excluding hydrogens is 272 g/mol. The Morgan fingerprint density at radius 2 is 2.33 bits per heavy atom. The lowest BCUT2D eigenvalue weighted by Gasteiger charge is -2.20. The average molecular weight is 291 g/mol. The predicted octanol–water partition coefficient (Wildman–Crippen LogP) is 2.05. The highest BCUT2D eigenvalue weighted by atomic mass is 35.5. The van der Waals surface area contributed by atoms with Gasteiger partial charge in [0.05, 0.1) is 24.6 Å². The van der Waals surface area contributed by atoms with Gasteiger partial charge in [-0.15, -0.1) is 22.9 Å². The number of rotatable bonds is 8. The summed E-state index contributed by atoms with van der Waals surface area (Å²) in [5, 5.41) is 11.6. The second-order valence-corrected chi connectivity index (χ2v) is 5.21. The Labute approximate surface area is 117 Å². The van der Waals surface area contributed by atoms with Crippen molar-refractivity contribution in [3.63, 3.8) is 0 Å². The third-order valence-corrected chi connectivity index (χ3v) is 3.71. The summed E-state index contributed by atoms with van der Waals surface area (Å²) in [6, 6.07) is 0. The van der Waals surface area contributed by atoms with Crippen LogP contribution in [-0.4, -0.2) is 40.6 Å². The summed E-state index contributed by atoms with van der Waals surface area (Å²) < 4.78 is 0. The lowest BCUT2D eigenvalue weighted by molar-refractivity contribution is -0.131. The van der Waals surface area contributed by atoms with E-state index in [1.54, 1.807) is 4.90 Å². The van der Waals surface area contributed by atoms with Crippen molar-refractivity contribution < 1.29 is 9.90 Å². The van der Waals surface area contributed by atoms with Crippen molar-refractivity contribution in [3.8, 4) is 0 Å². The monoisotopic (exact) mass is 290 g/mol. The molecule has 0 aliphatic heterocycles. The fraction of sp³-hybridized carbons (Fsp3) is 0.667. The van der Waals surface area contributed by atoms with Gasteiger partial charge in [0.2, 0.25) is 5.91 Å². The number of aromatic nitrogens is 1. The predicted molar refractivity (Wildman–Crippen MR) is 73.9 cm³/mol. The molecule has 18 heavy (non-hydrogen) atoms. The molecule has 102 valence electrons. The second-order valence-electron chi connectivity index (χ2n) is 4.00. The molecule has 6 heteroatoms. The molecule has 0 aliphatic carbocycles. The standard InChI is InChI=1S/C12H19ClN2O2S/c1-2-3-4-15(5-6-16)12(17)7-11-14-10(8-13)9-18-11/h9,16H,2-8H2,1H3. The van der Waals surface area contributed by atoms with E-state index in [1.807, 2.05) is 5.38 Å². The number of alkyl halides is 1. The SMILES string of the molecule is CCCCN(CCO)C(=O)Cc1nc(CCl)cs1. The number of hydrogen-bond donors (Lipinski definition) is 1. The van der Waals surface area contributed by atoms with Crippen LogP contribution in [0, 0.1) is 0 Å². The van der Waals surface area contributed by atoms with Crippen molar-refractivity contribution in [2.24, 2.45) is 0 Å². The Hall–Kier alpha value is -0.650. The molecule has 0 saturated heterocycles. The zero-order chi connectivity index (χ0) is 13.4.